The quantitative estimate of drug-likeness (QED) is 0.523. The minimum atomic E-state index is -0.486. The lowest BCUT2D eigenvalue weighted by Gasteiger charge is -2.12. The molecule has 1 aromatic rings. The molecule has 0 bridgehead atoms. The van der Waals surface area contributed by atoms with Crippen LogP contribution in [0, 0.1) is 0 Å². The Morgan fingerprint density at radius 3 is 2.76 bits per heavy atom. The lowest BCUT2D eigenvalue weighted by atomic mass is 10.4. The summed E-state index contributed by atoms with van der Waals surface area (Å²) < 4.78 is 12.5. The summed E-state index contributed by atoms with van der Waals surface area (Å²) >= 11 is 1.58. The maximum Gasteiger partial charge on any atom is 0.191 e. The Kier molecular flexibility index (Phi) is 5.15. The van der Waals surface area contributed by atoms with E-state index in [2.05, 4.69) is 14.8 Å². The first-order chi connectivity index (χ1) is 10.3. The van der Waals surface area contributed by atoms with Crippen LogP contribution in [0.1, 0.15) is 43.5 Å². The van der Waals surface area contributed by atoms with E-state index in [0.29, 0.717) is 37.5 Å². The number of aliphatic hydroxyl groups excluding tert-OH is 1. The van der Waals surface area contributed by atoms with Crippen LogP contribution in [0.3, 0.4) is 0 Å². The molecular weight excluding hydrogens is 290 g/mol. The third kappa shape index (κ3) is 4.18. The molecule has 3 rings (SSSR count). The molecule has 1 aromatic heterocycles. The summed E-state index contributed by atoms with van der Waals surface area (Å²) in [5.74, 6) is 2.36. The second kappa shape index (κ2) is 7.09. The van der Waals surface area contributed by atoms with E-state index in [9.17, 15) is 5.11 Å². The summed E-state index contributed by atoms with van der Waals surface area (Å²) in [6.07, 6.45) is 4.46. The predicted molar refractivity (Wildman–Crippen MR) is 79.7 cm³/mol. The third-order valence-electron chi connectivity index (χ3n) is 3.69. The van der Waals surface area contributed by atoms with Gasteiger partial charge in [0.1, 0.15) is 5.82 Å². The molecule has 6 nitrogen and oxygen atoms in total. The van der Waals surface area contributed by atoms with Gasteiger partial charge in [0.25, 0.3) is 0 Å². The van der Waals surface area contributed by atoms with Crippen molar-refractivity contribution in [1.29, 1.82) is 0 Å². The average molecular weight is 313 g/mol. The zero-order chi connectivity index (χ0) is 14.7. The van der Waals surface area contributed by atoms with Crippen molar-refractivity contribution >= 4 is 11.8 Å². The molecule has 0 aromatic carbocycles. The second-order valence-corrected chi connectivity index (χ2v) is 6.74. The minimum absolute atomic E-state index is 0.337. The number of methoxy groups -OCH3 is 1. The number of ether oxygens (including phenoxy) is 2. The number of rotatable bonds is 10. The summed E-state index contributed by atoms with van der Waals surface area (Å²) in [4.78, 5) is 0. The first-order valence-electron chi connectivity index (χ1n) is 7.62. The summed E-state index contributed by atoms with van der Waals surface area (Å²) in [7, 11) is 1.64. The maximum absolute atomic E-state index is 9.94. The maximum atomic E-state index is 9.94. The highest BCUT2D eigenvalue weighted by Gasteiger charge is 2.36. The largest absolute Gasteiger partial charge is 0.390 e. The Bertz CT molecular complexity index is 460. The number of hydrogen-bond donors (Lipinski definition) is 1. The molecular formula is C14H23N3O3S. The summed E-state index contributed by atoms with van der Waals surface area (Å²) in [5, 5.41) is 19.6. The lowest BCUT2D eigenvalue weighted by molar-refractivity contribution is 0.0218. The van der Waals surface area contributed by atoms with Crippen molar-refractivity contribution in [3.8, 4) is 0 Å². The SMILES string of the molecule is COCCOCC(O)CSc1nnc(C2CC2)n1C1CC1. The van der Waals surface area contributed by atoms with Crippen LogP contribution in [-0.4, -0.2) is 58.7 Å². The molecule has 2 aliphatic carbocycles. The molecule has 0 aliphatic heterocycles. The Hall–Kier alpha value is -0.630. The molecule has 1 atom stereocenters. The Morgan fingerprint density at radius 1 is 1.29 bits per heavy atom. The number of thioether (sulfide) groups is 1. The molecule has 0 saturated heterocycles. The van der Waals surface area contributed by atoms with E-state index in [1.54, 1.807) is 18.9 Å². The fourth-order valence-corrected chi connectivity index (χ4v) is 3.18. The number of aliphatic hydroxyl groups is 1. The van der Waals surface area contributed by atoms with Gasteiger partial charge in [-0.15, -0.1) is 10.2 Å². The topological polar surface area (TPSA) is 69.4 Å². The molecule has 2 aliphatic rings. The molecule has 2 saturated carbocycles. The van der Waals surface area contributed by atoms with Gasteiger partial charge in [0.2, 0.25) is 0 Å². The highest BCUT2D eigenvalue weighted by Crippen LogP contribution is 2.45. The van der Waals surface area contributed by atoms with Gasteiger partial charge in [0.15, 0.2) is 5.16 Å². The molecule has 21 heavy (non-hydrogen) atoms. The van der Waals surface area contributed by atoms with Crippen molar-refractivity contribution in [2.45, 2.75) is 48.9 Å². The van der Waals surface area contributed by atoms with E-state index < -0.39 is 6.10 Å². The van der Waals surface area contributed by atoms with Crippen LogP contribution in [0.2, 0.25) is 0 Å². The highest BCUT2D eigenvalue weighted by atomic mass is 32.2. The monoisotopic (exact) mass is 313 g/mol. The minimum Gasteiger partial charge on any atom is -0.390 e. The van der Waals surface area contributed by atoms with E-state index >= 15 is 0 Å². The van der Waals surface area contributed by atoms with Crippen molar-refractivity contribution in [2.75, 3.05) is 32.7 Å². The van der Waals surface area contributed by atoms with Crippen molar-refractivity contribution in [1.82, 2.24) is 14.8 Å². The van der Waals surface area contributed by atoms with E-state index in [-0.39, 0.29) is 0 Å². The van der Waals surface area contributed by atoms with Crippen LogP contribution >= 0.6 is 11.8 Å². The second-order valence-electron chi connectivity index (χ2n) is 5.75. The van der Waals surface area contributed by atoms with E-state index in [1.807, 2.05) is 0 Å². The molecule has 0 spiro atoms. The smallest absolute Gasteiger partial charge is 0.191 e. The van der Waals surface area contributed by atoms with Crippen molar-refractivity contribution in [2.24, 2.45) is 0 Å². The van der Waals surface area contributed by atoms with Crippen LogP contribution < -0.4 is 0 Å². The first kappa shape index (κ1) is 15.3. The van der Waals surface area contributed by atoms with Crippen molar-refractivity contribution in [3.63, 3.8) is 0 Å². The molecule has 0 radical (unpaired) electrons. The molecule has 1 heterocycles. The number of aromatic nitrogens is 3. The number of nitrogens with zero attached hydrogens (tertiary/aromatic N) is 3. The van der Waals surface area contributed by atoms with Gasteiger partial charge in [0.05, 0.1) is 25.9 Å². The molecule has 0 amide bonds. The third-order valence-corrected chi connectivity index (χ3v) is 4.78. The molecule has 1 N–H and O–H groups in total. The summed E-state index contributed by atoms with van der Waals surface area (Å²) in [6, 6.07) is 0.591. The van der Waals surface area contributed by atoms with Gasteiger partial charge in [-0.1, -0.05) is 11.8 Å². The van der Waals surface area contributed by atoms with E-state index in [1.165, 1.54) is 25.7 Å². The normalized spacial score (nSPS) is 19.9. The van der Waals surface area contributed by atoms with Gasteiger partial charge in [-0.3, -0.25) is 0 Å². The summed E-state index contributed by atoms with van der Waals surface area (Å²) in [6.45, 7) is 1.41. The van der Waals surface area contributed by atoms with Crippen LogP contribution in [0.15, 0.2) is 5.16 Å². The van der Waals surface area contributed by atoms with Crippen molar-refractivity contribution < 1.29 is 14.6 Å². The molecule has 1 unspecified atom stereocenters. The van der Waals surface area contributed by atoms with Gasteiger partial charge in [-0.05, 0) is 25.7 Å². The van der Waals surface area contributed by atoms with Gasteiger partial charge in [-0.25, -0.2) is 0 Å². The van der Waals surface area contributed by atoms with Crippen LogP contribution in [0.4, 0.5) is 0 Å². The zero-order valence-corrected chi connectivity index (χ0v) is 13.2. The molecule has 118 valence electrons. The predicted octanol–water partition coefficient (Wildman–Crippen LogP) is 1.61. The van der Waals surface area contributed by atoms with Gasteiger partial charge < -0.3 is 19.1 Å². The first-order valence-corrected chi connectivity index (χ1v) is 8.60. The van der Waals surface area contributed by atoms with Gasteiger partial charge in [0, 0.05) is 24.8 Å². The van der Waals surface area contributed by atoms with E-state index in [4.69, 9.17) is 9.47 Å². The lowest BCUT2D eigenvalue weighted by Crippen LogP contribution is -2.19. The number of hydrogen-bond acceptors (Lipinski definition) is 6. The van der Waals surface area contributed by atoms with Crippen LogP contribution in [-0.2, 0) is 9.47 Å². The summed E-state index contributed by atoms with van der Waals surface area (Å²) in [5.41, 5.74) is 0. The van der Waals surface area contributed by atoms with Gasteiger partial charge >= 0.3 is 0 Å². The van der Waals surface area contributed by atoms with E-state index in [0.717, 1.165) is 11.0 Å². The standard InChI is InChI=1S/C14H23N3O3S/c1-19-6-7-20-8-12(18)9-21-14-16-15-13(10-2-3-10)17(14)11-4-5-11/h10-12,18H,2-9H2,1H3. The fourth-order valence-electron chi connectivity index (χ4n) is 2.26. The highest BCUT2D eigenvalue weighted by molar-refractivity contribution is 7.99. The average Bonchev–Trinajstić information content (AvgIpc) is 3.40. The molecule has 2 fully saturated rings. The fraction of sp³-hybridized carbons (Fsp3) is 0.857. The Balaban J connectivity index is 1.48. The Morgan fingerprint density at radius 2 is 2.10 bits per heavy atom. The van der Waals surface area contributed by atoms with Gasteiger partial charge in [-0.2, -0.15) is 0 Å². The Labute approximate surface area is 129 Å². The van der Waals surface area contributed by atoms with Crippen LogP contribution in [0.5, 0.6) is 0 Å². The van der Waals surface area contributed by atoms with Crippen molar-refractivity contribution in [3.05, 3.63) is 5.82 Å². The van der Waals surface area contributed by atoms with Crippen LogP contribution in [0.25, 0.3) is 0 Å². The zero-order valence-electron chi connectivity index (χ0n) is 12.4. The molecule has 7 heteroatoms.